The molecule has 2 aromatic rings. The molecule has 0 bridgehead atoms. The van der Waals surface area contributed by atoms with Crippen molar-refractivity contribution in [1.82, 2.24) is 4.90 Å². The fraction of sp³-hybridized carbons (Fsp3) is 0.118. The zero-order valence-electron chi connectivity index (χ0n) is 13.2. The number of nitrogens with zero attached hydrogens (tertiary/aromatic N) is 1. The molecule has 1 amide bonds. The Morgan fingerprint density at radius 3 is 2.69 bits per heavy atom. The Bertz CT molecular complexity index is 954. The van der Waals surface area contributed by atoms with Crippen LogP contribution in [0.1, 0.15) is 12.7 Å². The van der Waals surface area contributed by atoms with Crippen LogP contribution in [-0.4, -0.2) is 32.2 Å². The Morgan fingerprint density at radius 2 is 2.04 bits per heavy atom. The molecule has 0 spiro atoms. The lowest BCUT2D eigenvalue weighted by Gasteiger charge is -2.18. The molecule has 1 fully saturated rings. The molecule has 1 aromatic heterocycles. The van der Waals surface area contributed by atoms with E-state index in [1.807, 2.05) is 0 Å². The number of hydrogen-bond donors (Lipinski definition) is 1. The molecule has 0 unspecified atom stereocenters. The number of hydrogen-bond acceptors (Lipinski definition) is 5. The van der Waals surface area contributed by atoms with Gasteiger partial charge in [-0.25, -0.2) is 4.79 Å². The minimum atomic E-state index is -1.12. The van der Waals surface area contributed by atoms with Gasteiger partial charge in [0.15, 0.2) is 0 Å². The summed E-state index contributed by atoms with van der Waals surface area (Å²) < 4.78 is 5.93. The summed E-state index contributed by atoms with van der Waals surface area (Å²) in [5.41, 5.74) is 0.742. The summed E-state index contributed by atoms with van der Waals surface area (Å²) in [5.74, 6) is -0.580. The zero-order valence-corrected chi connectivity index (χ0v) is 16.4. The van der Waals surface area contributed by atoms with Crippen LogP contribution in [0.4, 0.5) is 0 Å². The van der Waals surface area contributed by atoms with Gasteiger partial charge in [0.1, 0.15) is 21.9 Å². The number of furan rings is 1. The highest BCUT2D eigenvalue weighted by molar-refractivity contribution is 8.26. The Kier molecular flexibility index (Phi) is 5.43. The standard InChI is InChI=1S/C17H11Cl2NO4S2/c1-8(16(22)23)20-15(21)14(26-17(20)25)7-10-3-5-13(24-10)9-2-4-11(18)12(19)6-9/h2-8H,1H3,(H,22,23)/b14-7-/t8-/m0/s1. The molecular formula is C17H11Cl2NO4S2. The van der Waals surface area contributed by atoms with Crippen molar-refractivity contribution in [3.8, 4) is 11.3 Å². The van der Waals surface area contributed by atoms with Crippen molar-refractivity contribution in [1.29, 1.82) is 0 Å². The van der Waals surface area contributed by atoms with E-state index in [2.05, 4.69) is 0 Å². The van der Waals surface area contributed by atoms with Crippen molar-refractivity contribution in [2.24, 2.45) is 0 Å². The van der Waals surface area contributed by atoms with E-state index in [1.54, 1.807) is 30.3 Å². The van der Waals surface area contributed by atoms with Crippen molar-refractivity contribution in [2.45, 2.75) is 13.0 Å². The Labute approximate surface area is 168 Å². The monoisotopic (exact) mass is 427 g/mol. The molecule has 0 radical (unpaired) electrons. The molecule has 1 atom stereocenters. The number of halogens is 2. The summed E-state index contributed by atoms with van der Waals surface area (Å²) in [4.78, 5) is 25.0. The van der Waals surface area contributed by atoms with E-state index < -0.39 is 17.9 Å². The molecule has 134 valence electrons. The third-order valence-electron chi connectivity index (χ3n) is 3.67. The summed E-state index contributed by atoms with van der Waals surface area (Å²) in [5, 5.41) is 9.96. The maximum Gasteiger partial charge on any atom is 0.326 e. The number of carbonyl (C=O) groups excluding carboxylic acids is 1. The molecule has 1 aliphatic heterocycles. The van der Waals surface area contributed by atoms with E-state index in [-0.39, 0.29) is 4.32 Å². The fourth-order valence-electron chi connectivity index (χ4n) is 2.29. The van der Waals surface area contributed by atoms with Gasteiger partial charge in [-0.1, -0.05) is 47.2 Å². The summed E-state index contributed by atoms with van der Waals surface area (Å²) in [6.45, 7) is 1.41. The average Bonchev–Trinajstić information content (AvgIpc) is 3.15. The molecule has 9 heteroatoms. The molecule has 5 nitrogen and oxygen atoms in total. The van der Waals surface area contributed by atoms with Gasteiger partial charge in [-0.05, 0) is 37.3 Å². The lowest BCUT2D eigenvalue weighted by molar-refractivity contribution is -0.144. The topological polar surface area (TPSA) is 70.8 Å². The van der Waals surface area contributed by atoms with Crippen LogP contribution in [0.15, 0.2) is 39.7 Å². The number of carboxylic acids is 1. The molecule has 1 aliphatic rings. The summed E-state index contributed by atoms with van der Waals surface area (Å²) in [6.07, 6.45) is 1.54. The normalized spacial score (nSPS) is 17.2. The molecule has 1 saturated heterocycles. The third kappa shape index (κ3) is 3.66. The van der Waals surface area contributed by atoms with Gasteiger partial charge in [-0.2, -0.15) is 0 Å². The first-order valence-electron chi connectivity index (χ1n) is 7.33. The molecule has 3 rings (SSSR count). The molecular weight excluding hydrogens is 417 g/mol. The van der Waals surface area contributed by atoms with Gasteiger partial charge in [0.25, 0.3) is 5.91 Å². The van der Waals surface area contributed by atoms with Gasteiger partial charge >= 0.3 is 5.97 Å². The first-order chi connectivity index (χ1) is 12.3. The molecule has 2 heterocycles. The van der Waals surface area contributed by atoms with Crippen LogP contribution in [0.3, 0.4) is 0 Å². The summed E-state index contributed by atoms with van der Waals surface area (Å²) >= 11 is 18.1. The number of carboxylic acid groups (broad SMARTS) is 1. The zero-order chi connectivity index (χ0) is 19.0. The number of amides is 1. The number of carbonyl (C=O) groups is 2. The minimum Gasteiger partial charge on any atom is -0.480 e. The van der Waals surface area contributed by atoms with Crippen LogP contribution < -0.4 is 0 Å². The van der Waals surface area contributed by atoms with E-state index in [4.69, 9.17) is 44.9 Å². The second kappa shape index (κ2) is 7.44. The van der Waals surface area contributed by atoms with Crippen molar-refractivity contribution in [3.63, 3.8) is 0 Å². The first kappa shape index (κ1) is 19.0. The van der Waals surface area contributed by atoms with Gasteiger partial charge in [0, 0.05) is 11.6 Å². The minimum absolute atomic E-state index is 0.201. The molecule has 1 N–H and O–H groups in total. The second-order valence-corrected chi connectivity index (χ2v) is 7.89. The number of rotatable bonds is 4. The maximum absolute atomic E-state index is 12.4. The average molecular weight is 428 g/mol. The van der Waals surface area contributed by atoms with Crippen LogP contribution in [0.5, 0.6) is 0 Å². The Balaban J connectivity index is 1.86. The highest BCUT2D eigenvalue weighted by atomic mass is 35.5. The molecule has 26 heavy (non-hydrogen) atoms. The third-order valence-corrected chi connectivity index (χ3v) is 5.74. The van der Waals surface area contributed by atoms with Crippen molar-refractivity contribution < 1.29 is 19.1 Å². The van der Waals surface area contributed by atoms with Gasteiger partial charge in [0.05, 0.1) is 15.0 Å². The van der Waals surface area contributed by atoms with Crippen LogP contribution in [0, 0.1) is 0 Å². The lowest BCUT2D eigenvalue weighted by atomic mass is 10.2. The second-order valence-electron chi connectivity index (χ2n) is 5.40. The quantitative estimate of drug-likeness (QED) is 0.550. The van der Waals surface area contributed by atoms with Crippen LogP contribution >= 0.6 is 47.2 Å². The van der Waals surface area contributed by atoms with E-state index in [0.29, 0.717) is 26.5 Å². The number of benzene rings is 1. The largest absolute Gasteiger partial charge is 0.480 e. The molecule has 0 aliphatic carbocycles. The smallest absolute Gasteiger partial charge is 0.326 e. The van der Waals surface area contributed by atoms with Gasteiger partial charge in [-0.15, -0.1) is 0 Å². The van der Waals surface area contributed by atoms with Crippen LogP contribution in [0.25, 0.3) is 17.4 Å². The first-order valence-corrected chi connectivity index (χ1v) is 9.31. The van der Waals surface area contributed by atoms with Crippen LogP contribution in [-0.2, 0) is 9.59 Å². The van der Waals surface area contributed by atoms with E-state index >= 15 is 0 Å². The SMILES string of the molecule is C[C@@H](C(=O)O)N1C(=O)/C(=C/c2ccc(-c3ccc(Cl)c(Cl)c3)o2)SC1=S. The Hall–Kier alpha value is -1.80. The Morgan fingerprint density at radius 1 is 1.31 bits per heavy atom. The van der Waals surface area contributed by atoms with E-state index in [0.717, 1.165) is 22.2 Å². The summed E-state index contributed by atoms with van der Waals surface area (Å²) in [6, 6.07) is 7.53. The number of thioether (sulfide) groups is 1. The fourth-order valence-corrected chi connectivity index (χ4v) is 3.99. The summed E-state index contributed by atoms with van der Waals surface area (Å²) in [7, 11) is 0. The van der Waals surface area contributed by atoms with Gasteiger partial charge < -0.3 is 9.52 Å². The predicted octanol–water partition coefficient (Wildman–Crippen LogP) is 4.93. The number of thiocarbonyl (C=S) groups is 1. The predicted molar refractivity (Wildman–Crippen MR) is 106 cm³/mol. The number of aliphatic carboxylic acids is 1. The van der Waals surface area contributed by atoms with E-state index in [9.17, 15) is 9.59 Å². The van der Waals surface area contributed by atoms with Gasteiger partial charge in [-0.3, -0.25) is 9.69 Å². The van der Waals surface area contributed by atoms with Gasteiger partial charge in [0.2, 0.25) is 0 Å². The van der Waals surface area contributed by atoms with Crippen molar-refractivity contribution in [3.05, 3.63) is 51.0 Å². The van der Waals surface area contributed by atoms with Crippen molar-refractivity contribution in [2.75, 3.05) is 0 Å². The maximum atomic E-state index is 12.4. The molecule has 0 saturated carbocycles. The van der Waals surface area contributed by atoms with Crippen LogP contribution in [0.2, 0.25) is 10.0 Å². The van der Waals surface area contributed by atoms with Crippen molar-refractivity contribution >= 4 is 69.5 Å². The highest BCUT2D eigenvalue weighted by Gasteiger charge is 2.38. The molecule has 1 aromatic carbocycles. The highest BCUT2D eigenvalue weighted by Crippen LogP contribution is 2.35. The van der Waals surface area contributed by atoms with E-state index in [1.165, 1.54) is 13.0 Å². The lowest BCUT2D eigenvalue weighted by Crippen LogP contribution is -2.41.